The summed E-state index contributed by atoms with van der Waals surface area (Å²) in [6.45, 7) is 10.0. The van der Waals surface area contributed by atoms with Gasteiger partial charge in [-0.2, -0.15) is 10.2 Å². The van der Waals surface area contributed by atoms with Gasteiger partial charge in [-0.05, 0) is 116 Å². The molecule has 0 spiro atoms. The van der Waals surface area contributed by atoms with Crippen molar-refractivity contribution in [2.24, 2.45) is 16.1 Å². The Morgan fingerprint density at radius 3 is 1.94 bits per heavy atom. The molecule has 270 valence electrons. The van der Waals surface area contributed by atoms with Gasteiger partial charge in [-0.1, -0.05) is 32.6 Å². The molecule has 1 atom stereocenters. The van der Waals surface area contributed by atoms with Gasteiger partial charge in [0.25, 0.3) is 0 Å². The first-order valence-electron chi connectivity index (χ1n) is 17.0. The summed E-state index contributed by atoms with van der Waals surface area (Å²) >= 11 is 0. The van der Waals surface area contributed by atoms with Crippen LogP contribution in [-0.2, 0) is 25.5 Å². The van der Waals surface area contributed by atoms with E-state index in [-0.39, 0.29) is 29.8 Å². The number of nitrogens with zero attached hydrogens (tertiary/aromatic N) is 2. The molecule has 52 heavy (non-hydrogen) atoms. The molecule has 4 rings (SSSR count). The molecule has 0 aliphatic carbocycles. The van der Waals surface area contributed by atoms with Crippen molar-refractivity contribution in [3.8, 4) is 17.2 Å². The first-order chi connectivity index (χ1) is 25.1. The summed E-state index contributed by atoms with van der Waals surface area (Å²) in [6.07, 6.45) is 3.88. The van der Waals surface area contributed by atoms with Crippen molar-refractivity contribution in [3.63, 3.8) is 0 Å². The summed E-state index contributed by atoms with van der Waals surface area (Å²) in [4.78, 5) is 48.4. The highest BCUT2D eigenvalue weighted by molar-refractivity contribution is 5.93. The third-order valence-electron chi connectivity index (χ3n) is 7.84. The first-order valence-corrected chi connectivity index (χ1v) is 17.0. The number of carbonyl (C=O) groups excluding carboxylic acids is 4. The van der Waals surface area contributed by atoms with Crippen LogP contribution in [0, 0.1) is 12.8 Å². The van der Waals surface area contributed by atoms with Crippen LogP contribution in [0.3, 0.4) is 0 Å². The van der Waals surface area contributed by atoms with Crippen LogP contribution in [0.1, 0.15) is 65.0 Å². The number of azo groups is 1. The third kappa shape index (κ3) is 12.3. The Balaban J connectivity index is 1.20. The van der Waals surface area contributed by atoms with Gasteiger partial charge >= 0.3 is 23.9 Å². The van der Waals surface area contributed by atoms with E-state index in [9.17, 15) is 19.2 Å². The van der Waals surface area contributed by atoms with Gasteiger partial charge in [0.1, 0.15) is 17.2 Å². The quantitative estimate of drug-likeness (QED) is 0.0326. The van der Waals surface area contributed by atoms with E-state index in [1.807, 2.05) is 38.1 Å². The molecule has 4 aromatic carbocycles. The van der Waals surface area contributed by atoms with Crippen molar-refractivity contribution in [1.29, 1.82) is 0 Å². The molecular formula is C41H42N2O9. The highest BCUT2D eigenvalue weighted by Crippen LogP contribution is 2.27. The number of carbonyl (C=O) groups is 4. The van der Waals surface area contributed by atoms with Crippen LogP contribution in [0.4, 0.5) is 11.4 Å². The maximum Gasteiger partial charge on any atom is 0.343 e. The standard InChI is InChI=1S/C41H42N2O9/c1-5-28(3)39(45)50-25-8-7-24-48-35-18-11-31(12-19-35)40(46)51-36-20-13-32(14-21-36)41(47)52-37-22-17-34(27-29(37)4)43-42-33-15-9-30(10-16-33)23-26-49-38(44)6-2/h6,9-22,27-28H,2,5,7-8,23-26H2,1,3-4H3. The monoisotopic (exact) mass is 706 g/mol. The smallest absolute Gasteiger partial charge is 0.343 e. The number of hydrogen-bond donors (Lipinski definition) is 0. The predicted molar refractivity (Wildman–Crippen MR) is 195 cm³/mol. The van der Waals surface area contributed by atoms with Crippen LogP contribution in [0.25, 0.3) is 0 Å². The Morgan fingerprint density at radius 1 is 0.712 bits per heavy atom. The average molecular weight is 707 g/mol. The van der Waals surface area contributed by atoms with E-state index in [4.69, 9.17) is 23.7 Å². The highest BCUT2D eigenvalue weighted by Gasteiger charge is 2.14. The molecule has 0 fully saturated rings. The fraction of sp³-hybridized carbons (Fsp3) is 0.268. The fourth-order valence-corrected chi connectivity index (χ4v) is 4.53. The molecule has 0 bridgehead atoms. The lowest BCUT2D eigenvalue weighted by Gasteiger charge is -2.10. The molecule has 11 heteroatoms. The largest absolute Gasteiger partial charge is 0.494 e. The van der Waals surface area contributed by atoms with Gasteiger partial charge in [-0.15, -0.1) is 0 Å². The summed E-state index contributed by atoms with van der Waals surface area (Å²) < 4.78 is 27.0. The lowest BCUT2D eigenvalue weighted by molar-refractivity contribution is -0.148. The number of rotatable bonds is 18. The van der Waals surface area contributed by atoms with Crippen LogP contribution in [0.2, 0.25) is 0 Å². The molecular weight excluding hydrogens is 664 g/mol. The van der Waals surface area contributed by atoms with Gasteiger partial charge in [0.15, 0.2) is 0 Å². The second kappa shape index (κ2) is 19.9. The molecule has 4 aromatic rings. The van der Waals surface area contributed by atoms with Crippen LogP contribution in [-0.4, -0.2) is 43.7 Å². The molecule has 0 saturated carbocycles. The summed E-state index contributed by atoms with van der Waals surface area (Å²) in [5.74, 6) is -0.605. The molecule has 0 heterocycles. The Morgan fingerprint density at radius 2 is 1.31 bits per heavy atom. The van der Waals surface area contributed by atoms with Gasteiger partial charge in [-0.3, -0.25) is 4.79 Å². The van der Waals surface area contributed by atoms with Crippen molar-refractivity contribution in [1.82, 2.24) is 0 Å². The van der Waals surface area contributed by atoms with E-state index in [1.165, 1.54) is 24.3 Å². The van der Waals surface area contributed by atoms with Crippen LogP contribution >= 0.6 is 0 Å². The highest BCUT2D eigenvalue weighted by atomic mass is 16.5. The van der Waals surface area contributed by atoms with E-state index in [2.05, 4.69) is 16.8 Å². The minimum Gasteiger partial charge on any atom is -0.494 e. The normalized spacial score (nSPS) is 11.4. The minimum atomic E-state index is -0.572. The lowest BCUT2D eigenvalue weighted by Crippen LogP contribution is -2.15. The SMILES string of the molecule is C=CC(=O)OCCc1ccc(N=Nc2ccc(OC(=O)c3ccc(OC(=O)c4ccc(OCCCCOC(=O)C(C)CC)cc4)cc3)c(C)c2)cc1. The third-order valence-corrected chi connectivity index (χ3v) is 7.84. The molecule has 11 nitrogen and oxygen atoms in total. The topological polar surface area (TPSA) is 139 Å². The number of ether oxygens (including phenoxy) is 5. The average Bonchev–Trinajstić information content (AvgIpc) is 3.16. The number of benzene rings is 4. The second-order valence-corrected chi connectivity index (χ2v) is 11.8. The Kier molecular flexibility index (Phi) is 14.8. The number of aryl methyl sites for hydroxylation is 1. The van der Waals surface area contributed by atoms with Gasteiger partial charge < -0.3 is 23.7 Å². The molecule has 0 aromatic heterocycles. The van der Waals surface area contributed by atoms with Crippen molar-refractivity contribution < 1.29 is 42.9 Å². The zero-order valence-corrected chi connectivity index (χ0v) is 29.5. The Labute approximate surface area is 303 Å². The lowest BCUT2D eigenvalue weighted by atomic mass is 10.1. The summed E-state index contributed by atoms with van der Waals surface area (Å²) in [7, 11) is 0. The van der Waals surface area contributed by atoms with Crippen LogP contribution < -0.4 is 14.2 Å². The predicted octanol–water partition coefficient (Wildman–Crippen LogP) is 8.87. The van der Waals surface area contributed by atoms with Gasteiger partial charge in [0, 0.05) is 12.5 Å². The maximum atomic E-state index is 12.8. The number of unbranched alkanes of at least 4 members (excludes halogenated alkanes) is 1. The molecule has 0 aliphatic heterocycles. The zero-order valence-electron chi connectivity index (χ0n) is 29.5. The van der Waals surface area contributed by atoms with Crippen LogP contribution in [0.5, 0.6) is 17.2 Å². The summed E-state index contributed by atoms with van der Waals surface area (Å²) in [5, 5.41) is 8.54. The van der Waals surface area contributed by atoms with Crippen molar-refractivity contribution in [2.45, 2.75) is 46.5 Å². The number of hydrogen-bond acceptors (Lipinski definition) is 11. The van der Waals surface area contributed by atoms with Gasteiger partial charge in [0.2, 0.25) is 0 Å². The zero-order chi connectivity index (χ0) is 37.3. The van der Waals surface area contributed by atoms with E-state index >= 15 is 0 Å². The Hall–Kier alpha value is -6.10. The second-order valence-electron chi connectivity index (χ2n) is 11.8. The molecule has 0 saturated heterocycles. The molecule has 0 aliphatic rings. The van der Waals surface area contributed by atoms with E-state index in [1.54, 1.807) is 49.4 Å². The van der Waals surface area contributed by atoms with Crippen LogP contribution in [0.15, 0.2) is 114 Å². The van der Waals surface area contributed by atoms with E-state index < -0.39 is 17.9 Å². The molecule has 0 radical (unpaired) electrons. The summed E-state index contributed by atoms with van der Waals surface area (Å²) in [5.41, 5.74) is 3.53. The van der Waals surface area contributed by atoms with Crippen molar-refractivity contribution >= 4 is 35.3 Å². The van der Waals surface area contributed by atoms with Crippen molar-refractivity contribution in [3.05, 3.63) is 126 Å². The Bertz CT molecular complexity index is 1850. The van der Waals surface area contributed by atoms with Gasteiger partial charge in [0.05, 0.1) is 48.2 Å². The first kappa shape index (κ1) is 38.7. The fourth-order valence-electron chi connectivity index (χ4n) is 4.53. The number of esters is 4. The maximum absolute atomic E-state index is 12.8. The summed E-state index contributed by atoms with van der Waals surface area (Å²) in [6, 6.07) is 25.2. The molecule has 0 N–H and O–H groups in total. The molecule has 1 unspecified atom stereocenters. The van der Waals surface area contributed by atoms with Gasteiger partial charge in [-0.25, -0.2) is 14.4 Å². The minimum absolute atomic E-state index is 0.0928. The van der Waals surface area contributed by atoms with E-state index in [0.29, 0.717) is 60.1 Å². The van der Waals surface area contributed by atoms with E-state index in [0.717, 1.165) is 24.5 Å². The molecule has 0 amide bonds. The van der Waals surface area contributed by atoms with Crippen molar-refractivity contribution in [2.75, 3.05) is 19.8 Å².